The summed E-state index contributed by atoms with van der Waals surface area (Å²) in [7, 11) is 2.04. The van der Waals surface area contributed by atoms with Crippen molar-refractivity contribution in [3.63, 3.8) is 0 Å². The summed E-state index contributed by atoms with van der Waals surface area (Å²) in [5.74, 6) is 0.721. The SMILES string of the molecule is Cc1cccc(N2CCN(c3nnc4c5ccccc5n(C)c4n3)CC2)c1C. The van der Waals surface area contributed by atoms with Crippen molar-refractivity contribution in [3.05, 3.63) is 53.6 Å². The van der Waals surface area contributed by atoms with Gasteiger partial charge in [-0.15, -0.1) is 10.2 Å². The number of fused-ring (bicyclic) bond motifs is 3. The number of aromatic nitrogens is 4. The van der Waals surface area contributed by atoms with Crippen LogP contribution < -0.4 is 9.80 Å². The van der Waals surface area contributed by atoms with Gasteiger partial charge in [0, 0.05) is 44.3 Å². The summed E-state index contributed by atoms with van der Waals surface area (Å²) in [6.45, 7) is 8.09. The van der Waals surface area contributed by atoms with E-state index in [1.54, 1.807) is 0 Å². The van der Waals surface area contributed by atoms with E-state index in [1.807, 2.05) is 19.2 Å². The van der Waals surface area contributed by atoms with Crippen LogP contribution in [0, 0.1) is 13.8 Å². The summed E-state index contributed by atoms with van der Waals surface area (Å²) in [4.78, 5) is 9.56. The second kappa shape index (κ2) is 6.48. The van der Waals surface area contributed by atoms with Gasteiger partial charge in [0.25, 0.3) is 0 Å². The molecular formula is C22H24N6. The molecule has 0 atom stereocenters. The number of piperazine rings is 1. The molecule has 2 aromatic carbocycles. The number of hydrogen-bond acceptors (Lipinski definition) is 5. The quantitative estimate of drug-likeness (QED) is 0.539. The Morgan fingerprint density at radius 2 is 1.57 bits per heavy atom. The predicted molar refractivity (Wildman–Crippen MR) is 114 cm³/mol. The molecule has 0 radical (unpaired) electrons. The molecule has 0 unspecified atom stereocenters. The second-order valence-corrected chi connectivity index (χ2v) is 7.55. The molecule has 0 saturated carbocycles. The van der Waals surface area contributed by atoms with Crippen LogP contribution in [0.4, 0.5) is 11.6 Å². The maximum atomic E-state index is 4.86. The molecule has 0 bridgehead atoms. The molecule has 28 heavy (non-hydrogen) atoms. The average molecular weight is 372 g/mol. The van der Waals surface area contributed by atoms with E-state index in [-0.39, 0.29) is 0 Å². The first-order valence-electron chi connectivity index (χ1n) is 9.77. The highest BCUT2D eigenvalue weighted by Gasteiger charge is 2.22. The van der Waals surface area contributed by atoms with Gasteiger partial charge in [-0.25, -0.2) is 0 Å². The van der Waals surface area contributed by atoms with E-state index in [0.29, 0.717) is 0 Å². The fourth-order valence-electron chi connectivity index (χ4n) is 4.16. The van der Waals surface area contributed by atoms with E-state index in [2.05, 4.69) is 68.7 Å². The van der Waals surface area contributed by atoms with Gasteiger partial charge in [0.2, 0.25) is 5.95 Å². The van der Waals surface area contributed by atoms with Crippen molar-refractivity contribution in [2.45, 2.75) is 13.8 Å². The van der Waals surface area contributed by atoms with E-state index >= 15 is 0 Å². The number of benzene rings is 2. The molecule has 0 aliphatic carbocycles. The Labute approximate surface area is 164 Å². The second-order valence-electron chi connectivity index (χ2n) is 7.55. The van der Waals surface area contributed by atoms with E-state index in [4.69, 9.17) is 4.98 Å². The van der Waals surface area contributed by atoms with E-state index in [1.165, 1.54) is 16.8 Å². The zero-order valence-corrected chi connectivity index (χ0v) is 16.6. The molecule has 5 rings (SSSR count). The lowest BCUT2D eigenvalue weighted by Gasteiger charge is -2.36. The lowest BCUT2D eigenvalue weighted by atomic mass is 10.1. The summed E-state index contributed by atoms with van der Waals surface area (Å²) < 4.78 is 2.11. The molecule has 1 aliphatic rings. The molecule has 0 N–H and O–H groups in total. The van der Waals surface area contributed by atoms with Crippen LogP contribution in [-0.4, -0.2) is 45.9 Å². The largest absolute Gasteiger partial charge is 0.368 e. The third-order valence-electron chi connectivity index (χ3n) is 5.97. The van der Waals surface area contributed by atoms with Crippen LogP contribution in [0.2, 0.25) is 0 Å². The summed E-state index contributed by atoms with van der Waals surface area (Å²) in [5.41, 5.74) is 6.94. The van der Waals surface area contributed by atoms with E-state index < -0.39 is 0 Å². The van der Waals surface area contributed by atoms with Crippen LogP contribution >= 0.6 is 0 Å². The summed E-state index contributed by atoms with van der Waals surface area (Å²) in [5, 5.41) is 10.1. The van der Waals surface area contributed by atoms with Gasteiger partial charge < -0.3 is 14.4 Å². The van der Waals surface area contributed by atoms with Crippen molar-refractivity contribution in [1.82, 2.24) is 19.7 Å². The molecule has 1 aliphatic heterocycles. The first kappa shape index (κ1) is 17.0. The van der Waals surface area contributed by atoms with Gasteiger partial charge in [-0.2, -0.15) is 4.98 Å². The minimum atomic E-state index is 0.721. The molecule has 1 saturated heterocycles. The van der Waals surface area contributed by atoms with Crippen molar-refractivity contribution in [2.75, 3.05) is 36.0 Å². The van der Waals surface area contributed by atoms with Crippen LogP contribution in [0.25, 0.3) is 22.1 Å². The van der Waals surface area contributed by atoms with Gasteiger partial charge >= 0.3 is 0 Å². The highest BCUT2D eigenvalue weighted by Crippen LogP contribution is 2.27. The Morgan fingerprint density at radius 3 is 2.39 bits per heavy atom. The Kier molecular flexibility index (Phi) is 3.93. The third-order valence-corrected chi connectivity index (χ3v) is 5.97. The van der Waals surface area contributed by atoms with Gasteiger partial charge in [0.05, 0.1) is 5.52 Å². The first-order chi connectivity index (χ1) is 13.6. The van der Waals surface area contributed by atoms with Crippen LogP contribution in [0.3, 0.4) is 0 Å². The lowest BCUT2D eigenvalue weighted by molar-refractivity contribution is 0.635. The maximum Gasteiger partial charge on any atom is 0.247 e. The molecule has 6 nitrogen and oxygen atoms in total. The maximum absolute atomic E-state index is 4.86. The fraction of sp³-hybridized carbons (Fsp3) is 0.318. The zero-order chi connectivity index (χ0) is 19.3. The summed E-state index contributed by atoms with van der Waals surface area (Å²) >= 11 is 0. The highest BCUT2D eigenvalue weighted by atomic mass is 15.4. The minimum Gasteiger partial charge on any atom is -0.368 e. The monoisotopic (exact) mass is 372 g/mol. The van der Waals surface area contributed by atoms with Gasteiger partial charge in [0.15, 0.2) is 5.65 Å². The first-order valence-corrected chi connectivity index (χ1v) is 9.77. The van der Waals surface area contributed by atoms with Crippen molar-refractivity contribution in [1.29, 1.82) is 0 Å². The molecular weight excluding hydrogens is 348 g/mol. The molecule has 142 valence electrons. The number of anilines is 2. The average Bonchev–Trinajstić information content (AvgIpc) is 3.02. The zero-order valence-electron chi connectivity index (χ0n) is 16.6. The molecule has 3 heterocycles. The number of aryl methyl sites for hydroxylation is 2. The fourth-order valence-corrected chi connectivity index (χ4v) is 4.16. The van der Waals surface area contributed by atoms with Crippen molar-refractivity contribution in [3.8, 4) is 0 Å². The van der Waals surface area contributed by atoms with Crippen molar-refractivity contribution >= 4 is 33.7 Å². The van der Waals surface area contributed by atoms with E-state index in [9.17, 15) is 0 Å². The molecule has 6 heteroatoms. The molecule has 1 fully saturated rings. The lowest BCUT2D eigenvalue weighted by Crippen LogP contribution is -2.47. The Hall–Kier alpha value is -3.15. The number of rotatable bonds is 2. The Balaban J connectivity index is 1.42. The van der Waals surface area contributed by atoms with Gasteiger partial charge in [-0.05, 0) is 37.1 Å². The van der Waals surface area contributed by atoms with Crippen LogP contribution in [0.15, 0.2) is 42.5 Å². The molecule has 0 amide bonds. The van der Waals surface area contributed by atoms with Crippen molar-refractivity contribution < 1.29 is 0 Å². The number of nitrogens with zero attached hydrogens (tertiary/aromatic N) is 6. The predicted octanol–water partition coefficient (Wildman–Crippen LogP) is 3.46. The minimum absolute atomic E-state index is 0.721. The van der Waals surface area contributed by atoms with Gasteiger partial charge in [0.1, 0.15) is 5.52 Å². The van der Waals surface area contributed by atoms with Gasteiger partial charge in [-0.3, -0.25) is 0 Å². The molecule has 4 aromatic rings. The molecule has 2 aromatic heterocycles. The standard InChI is InChI=1S/C22H24N6/c1-15-7-6-10-18(16(15)2)27-11-13-28(14-12-27)22-23-21-20(24-25-22)17-8-4-5-9-19(17)26(21)3/h4-10H,11-14H2,1-3H3. The van der Waals surface area contributed by atoms with Crippen LogP contribution in [-0.2, 0) is 7.05 Å². The Bertz CT molecular complexity index is 1170. The summed E-state index contributed by atoms with van der Waals surface area (Å²) in [6, 6.07) is 14.8. The molecule has 0 spiro atoms. The van der Waals surface area contributed by atoms with Crippen molar-refractivity contribution in [2.24, 2.45) is 7.05 Å². The topological polar surface area (TPSA) is 50.1 Å². The number of para-hydroxylation sites is 1. The van der Waals surface area contributed by atoms with Crippen LogP contribution in [0.1, 0.15) is 11.1 Å². The smallest absolute Gasteiger partial charge is 0.247 e. The normalized spacial score (nSPS) is 15.0. The highest BCUT2D eigenvalue weighted by molar-refractivity contribution is 6.04. The van der Waals surface area contributed by atoms with E-state index in [0.717, 1.165) is 54.2 Å². The van der Waals surface area contributed by atoms with Crippen LogP contribution in [0.5, 0.6) is 0 Å². The van der Waals surface area contributed by atoms with Gasteiger partial charge in [-0.1, -0.05) is 30.3 Å². The third kappa shape index (κ3) is 2.59. The number of hydrogen-bond donors (Lipinski definition) is 0. The Morgan fingerprint density at radius 1 is 0.821 bits per heavy atom. The summed E-state index contributed by atoms with van der Waals surface area (Å²) in [6.07, 6.45) is 0.